The zero-order valence-corrected chi connectivity index (χ0v) is 15.9. The second-order valence-corrected chi connectivity index (χ2v) is 6.59. The highest BCUT2D eigenvalue weighted by Crippen LogP contribution is 2.19. The Morgan fingerprint density at radius 3 is 2.65 bits per heavy atom. The van der Waals surface area contributed by atoms with Gasteiger partial charge in [-0.3, -0.25) is 4.79 Å². The molecule has 1 aromatic carbocycles. The van der Waals surface area contributed by atoms with Crippen LogP contribution in [0.2, 0.25) is 0 Å². The summed E-state index contributed by atoms with van der Waals surface area (Å²) in [5.74, 6) is -0.690. The van der Waals surface area contributed by atoms with E-state index in [0.29, 0.717) is 23.5 Å². The first-order valence-corrected chi connectivity index (χ1v) is 8.96. The van der Waals surface area contributed by atoms with Crippen LogP contribution in [-0.2, 0) is 4.74 Å². The molecule has 2 aromatic rings. The minimum absolute atomic E-state index is 0.0508. The van der Waals surface area contributed by atoms with Crippen LogP contribution in [0.25, 0.3) is 11.0 Å². The van der Waals surface area contributed by atoms with Gasteiger partial charge in [-0.25, -0.2) is 9.78 Å². The van der Waals surface area contributed by atoms with Gasteiger partial charge in [0, 0.05) is 18.1 Å². The average molecular weight is 357 g/mol. The van der Waals surface area contributed by atoms with Crippen molar-refractivity contribution in [1.29, 1.82) is 0 Å². The maximum Gasteiger partial charge on any atom is 0.362 e. The third-order valence-corrected chi connectivity index (χ3v) is 4.13. The smallest absolute Gasteiger partial charge is 0.362 e. The van der Waals surface area contributed by atoms with E-state index < -0.39 is 11.5 Å². The summed E-state index contributed by atoms with van der Waals surface area (Å²) in [5, 5.41) is 3.41. The van der Waals surface area contributed by atoms with E-state index in [4.69, 9.17) is 4.74 Å². The van der Waals surface area contributed by atoms with E-state index in [9.17, 15) is 9.59 Å². The van der Waals surface area contributed by atoms with Crippen LogP contribution in [0.15, 0.2) is 41.7 Å². The van der Waals surface area contributed by atoms with Crippen molar-refractivity contribution in [2.45, 2.75) is 52.2 Å². The number of rotatable bonds is 8. The summed E-state index contributed by atoms with van der Waals surface area (Å²) in [6.45, 7) is 11.9. The van der Waals surface area contributed by atoms with Crippen LogP contribution < -0.4 is 10.9 Å². The van der Waals surface area contributed by atoms with Crippen LogP contribution in [-0.4, -0.2) is 34.2 Å². The fraction of sp³-hybridized carbons (Fsp3) is 0.450. The molecule has 0 saturated heterocycles. The molecule has 140 valence electrons. The van der Waals surface area contributed by atoms with E-state index in [-0.39, 0.29) is 24.4 Å². The second-order valence-electron chi connectivity index (χ2n) is 6.59. The van der Waals surface area contributed by atoms with Gasteiger partial charge in [-0.2, -0.15) is 0 Å². The van der Waals surface area contributed by atoms with E-state index in [1.807, 2.05) is 31.2 Å². The van der Waals surface area contributed by atoms with Crippen molar-refractivity contribution < 1.29 is 9.53 Å². The Bertz CT molecular complexity index is 842. The van der Waals surface area contributed by atoms with Crippen LogP contribution in [0.3, 0.4) is 0 Å². The SMILES string of the molecule is C=C[C@H](C[C@@H](C)n1c(=O)c(C(=O)OCC)nc2ccccc21)NC(C)C. The van der Waals surface area contributed by atoms with Gasteiger partial charge in [0.05, 0.1) is 17.6 Å². The lowest BCUT2D eigenvalue weighted by molar-refractivity contribution is 0.0516. The number of hydrogen-bond acceptors (Lipinski definition) is 5. The third kappa shape index (κ3) is 4.38. The molecule has 1 aromatic heterocycles. The van der Waals surface area contributed by atoms with Crippen molar-refractivity contribution in [2.24, 2.45) is 0 Å². The summed E-state index contributed by atoms with van der Waals surface area (Å²) in [6, 6.07) is 7.51. The Hall–Kier alpha value is -2.47. The fourth-order valence-corrected chi connectivity index (χ4v) is 3.06. The van der Waals surface area contributed by atoms with Crippen LogP contribution in [0.4, 0.5) is 0 Å². The molecular formula is C20H27N3O3. The van der Waals surface area contributed by atoms with Crippen molar-refractivity contribution in [3.63, 3.8) is 0 Å². The van der Waals surface area contributed by atoms with Crippen LogP contribution in [0.5, 0.6) is 0 Å². The zero-order chi connectivity index (χ0) is 19.3. The van der Waals surface area contributed by atoms with Gasteiger partial charge in [-0.1, -0.05) is 32.1 Å². The molecule has 0 fully saturated rings. The molecule has 0 aliphatic heterocycles. The number of para-hydroxylation sites is 2. The lowest BCUT2D eigenvalue weighted by atomic mass is 10.1. The summed E-state index contributed by atoms with van der Waals surface area (Å²) < 4.78 is 6.64. The number of fused-ring (bicyclic) bond motifs is 1. The van der Waals surface area contributed by atoms with E-state index in [1.54, 1.807) is 17.6 Å². The van der Waals surface area contributed by atoms with Crippen molar-refractivity contribution >= 4 is 17.0 Å². The van der Waals surface area contributed by atoms with Gasteiger partial charge in [-0.05, 0) is 32.4 Å². The molecule has 0 spiro atoms. The van der Waals surface area contributed by atoms with Crippen LogP contribution >= 0.6 is 0 Å². The second kappa shape index (κ2) is 8.76. The van der Waals surface area contributed by atoms with Crippen molar-refractivity contribution in [3.8, 4) is 0 Å². The van der Waals surface area contributed by atoms with Gasteiger partial charge >= 0.3 is 5.97 Å². The molecule has 0 aliphatic rings. The van der Waals surface area contributed by atoms with Gasteiger partial charge in [-0.15, -0.1) is 6.58 Å². The molecule has 0 aliphatic carbocycles. The number of ether oxygens (including phenoxy) is 1. The molecule has 0 radical (unpaired) electrons. The molecule has 6 nitrogen and oxygen atoms in total. The summed E-state index contributed by atoms with van der Waals surface area (Å²) in [6.07, 6.45) is 2.51. The van der Waals surface area contributed by atoms with Gasteiger partial charge in [0.2, 0.25) is 5.69 Å². The fourth-order valence-electron chi connectivity index (χ4n) is 3.06. The number of nitrogens with zero attached hydrogens (tertiary/aromatic N) is 2. The molecule has 26 heavy (non-hydrogen) atoms. The number of benzene rings is 1. The Balaban J connectivity index is 2.53. The molecule has 2 rings (SSSR count). The largest absolute Gasteiger partial charge is 0.461 e. The van der Waals surface area contributed by atoms with Crippen molar-refractivity contribution in [1.82, 2.24) is 14.9 Å². The Labute approximate surface area is 153 Å². The molecule has 6 heteroatoms. The highest BCUT2D eigenvalue weighted by Gasteiger charge is 2.22. The van der Waals surface area contributed by atoms with E-state index in [0.717, 1.165) is 0 Å². The number of nitrogens with one attached hydrogen (secondary N) is 1. The third-order valence-electron chi connectivity index (χ3n) is 4.13. The molecule has 0 bridgehead atoms. The molecule has 2 atom stereocenters. The lowest BCUT2D eigenvalue weighted by Gasteiger charge is -2.24. The van der Waals surface area contributed by atoms with Gasteiger partial charge in [0.1, 0.15) is 0 Å². The van der Waals surface area contributed by atoms with E-state index in [1.165, 1.54) is 0 Å². The Kier molecular flexibility index (Phi) is 6.69. The minimum atomic E-state index is -0.690. The quantitative estimate of drug-likeness (QED) is 0.580. The predicted octanol–water partition coefficient (Wildman–Crippen LogP) is 3.08. The lowest BCUT2D eigenvalue weighted by Crippen LogP contribution is -2.37. The van der Waals surface area contributed by atoms with Crippen molar-refractivity contribution in [3.05, 3.63) is 53.0 Å². The maximum atomic E-state index is 13.0. The molecular weight excluding hydrogens is 330 g/mol. The molecule has 0 unspecified atom stereocenters. The van der Waals surface area contributed by atoms with E-state index >= 15 is 0 Å². The monoisotopic (exact) mass is 357 g/mol. The minimum Gasteiger partial charge on any atom is -0.461 e. The highest BCUT2D eigenvalue weighted by atomic mass is 16.5. The zero-order valence-electron chi connectivity index (χ0n) is 15.9. The number of hydrogen-bond donors (Lipinski definition) is 1. The number of carbonyl (C=O) groups excluding carboxylic acids is 1. The first-order chi connectivity index (χ1) is 12.4. The summed E-state index contributed by atoms with van der Waals surface area (Å²) >= 11 is 0. The van der Waals surface area contributed by atoms with Crippen LogP contribution in [0.1, 0.15) is 50.6 Å². The number of aromatic nitrogens is 2. The predicted molar refractivity (Wildman–Crippen MR) is 104 cm³/mol. The first kappa shape index (κ1) is 19.8. The topological polar surface area (TPSA) is 73.2 Å². The molecule has 0 amide bonds. The van der Waals surface area contributed by atoms with E-state index in [2.05, 4.69) is 30.7 Å². The maximum absolute atomic E-state index is 13.0. The molecule has 1 heterocycles. The standard InChI is InChI=1S/C20H27N3O3/c1-6-15(21-13(3)4)12-14(5)23-17-11-9-8-10-16(17)22-18(19(23)24)20(25)26-7-2/h6,8-11,13-15,21H,1,7,12H2,2-5H3/t14-,15-/m1/s1. The van der Waals surface area contributed by atoms with Crippen LogP contribution in [0, 0.1) is 0 Å². The highest BCUT2D eigenvalue weighted by molar-refractivity contribution is 5.89. The number of esters is 1. The summed E-state index contributed by atoms with van der Waals surface area (Å²) in [5.41, 5.74) is 0.686. The Morgan fingerprint density at radius 2 is 2.04 bits per heavy atom. The normalized spacial score (nSPS) is 13.6. The Morgan fingerprint density at radius 1 is 1.35 bits per heavy atom. The first-order valence-electron chi connectivity index (χ1n) is 8.96. The average Bonchev–Trinajstić information content (AvgIpc) is 2.60. The van der Waals surface area contributed by atoms with Gasteiger partial charge in [0.25, 0.3) is 5.56 Å². The van der Waals surface area contributed by atoms with Gasteiger partial charge < -0.3 is 14.6 Å². The molecule has 0 saturated carbocycles. The summed E-state index contributed by atoms with van der Waals surface area (Å²) in [4.78, 5) is 29.4. The van der Waals surface area contributed by atoms with Gasteiger partial charge in [0.15, 0.2) is 0 Å². The summed E-state index contributed by atoms with van der Waals surface area (Å²) in [7, 11) is 0. The van der Waals surface area contributed by atoms with Crippen molar-refractivity contribution in [2.75, 3.05) is 6.61 Å². The number of carbonyl (C=O) groups is 1. The molecule has 1 N–H and O–H groups in total.